The van der Waals surface area contributed by atoms with Crippen LogP contribution < -0.4 is 4.74 Å². The lowest BCUT2D eigenvalue weighted by molar-refractivity contribution is -0.152. The van der Waals surface area contributed by atoms with E-state index in [0.717, 1.165) is 7.14 Å². The number of carbonyl (C=O) groups is 3. The van der Waals surface area contributed by atoms with E-state index in [0.29, 0.717) is 25.4 Å². The fourth-order valence-electron chi connectivity index (χ4n) is 3.58. The lowest BCUT2D eigenvalue weighted by Gasteiger charge is -2.29. The maximum Gasteiger partial charge on any atom is 0.340 e. The standard InChI is InChI=1S/C26H16I8O9S/c1-2-26(9-41-23(35)20-14(29)3-11(27)4-15(20)30,10-42-24(36)21-16(31)5-12(28)6-17(21)32)25(37)43-13-7-18(33)22(19(34)8-13)44(38,39)40/h3-8H,2,9-10H2,1H3,(H,38,39,40)/p-1. The minimum atomic E-state index is -4.78. The van der Waals surface area contributed by atoms with Gasteiger partial charge in [0.1, 0.15) is 34.5 Å². The molecule has 0 aliphatic carbocycles. The third-order valence-electron chi connectivity index (χ3n) is 5.92. The predicted molar refractivity (Wildman–Crippen MR) is 228 cm³/mol. The number of rotatable bonds is 10. The molecular formula is C26H15I8O9S-. The van der Waals surface area contributed by atoms with Crippen molar-refractivity contribution in [2.24, 2.45) is 5.41 Å². The zero-order valence-corrected chi connectivity index (χ0v) is 39.8. The highest BCUT2D eigenvalue weighted by molar-refractivity contribution is 14.1. The lowest BCUT2D eigenvalue weighted by atomic mass is 9.87. The lowest BCUT2D eigenvalue weighted by Crippen LogP contribution is -2.44. The van der Waals surface area contributed by atoms with Crippen molar-refractivity contribution in [1.29, 1.82) is 0 Å². The number of esters is 3. The monoisotopic (exact) mass is 1520 g/mol. The van der Waals surface area contributed by atoms with E-state index in [1.807, 2.05) is 115 Å². The topological polar surface area (TPSA) is 136 Å². The summed E-state index contributed by atoms with van der Waals surface area (Å²) in [4.78, 5) is 39.9. The Morgan fingerprint density at radius 2 is 1.05 bits per heavy atom. The smallest absolute Gasteiger partial charge is 0.340 e. The molecule has 0 aliphatic heterocycles. The van der Waals surface area contributed by atoms with Crippen molar-refractivity contribution in [2.75, 3.05) is 13.2 Å². The van der Waals surface area contributed by atoms with E-state index < -0.39 is 51.6 Å². The molecule has 0 unspecified atom stereocenters. The molecule has 18 heteroatoms. The van der Waals surface area contributed by atoms with E-state index in [2.05, 4.69) is 45.2 Å². The molecule has 0 spiro atoms. The minimum absolute atomic E-state index is 0.0323. The number of hydrogen-bond acceptors (Lipinski definition) is 9. The van der Waals surface area contributed by atoms with E-state index in [1.165, 1.54) is 12.1 Å². The Morgan fingerprint density at radius 1 is 0.682 bits per heavy atom. The quantitative estimate of drug-likeness (QED) is 0.0849. The van der Waals surface area contributed by atoms with Crippen molar-refractivity contribution < 1.29 is 41.6 Å². The Morgan fingerprint density at radius 3 is 1.36 bits per heavy atom. The van der Waals surface area contributed by atoms with Crippen LogP contribution in [0.25, 0.3) is 0 Å². The molecule has 3 aromatic rings. The number of carbonyl (C=O) groups excluding carboxylic acids is 3. The van der Waals surface area contributed by atoms with E-state index >= 15 is 0 Å². The average molecular weight is 1520 g/mol. The van der Waals surface area contributed by atoms with Crippen LogP contribution in [-0.2, 0) is 24.4 Å². The molecular weight excluding hydrogens is 1500 g/mol. The molecule has 0 fully saturated rings. The molecule has 0 aliphatic rings. The molecule has 0 radical (unpaired) electrons. The van der Waals surface area contributed by atoms with Gasteiger partial charge in [-0.15, -0.1) is 0 Å². The van der Waals surface area contributed by atoms with Gasteiger partial charge in [0.15, 0.2) is 0 Å². The molecule has 0 amide bonds. The van der Waals surface area contributed by atoms with E-state index in [9.17, 15) is 27.4 Å². The van der Waals surface area contributed by atoms with Gasteiger partial charge in [-0.2, -0.15) is 0 Å². The van der Waals surface area contributed by atoms with Crippen LogP contribution >= 0.6 is 181 Å². The molecule has 0 bridgehead atoms. The minimum Gasteiger partial charge on any atom is -0.744 e. The van der Waals surface area contributed by atoms with Crippen molar-refractivity contribution in [3.63, 3.8) is 0 Å². The molecule has 9 nitrogen and oxygen atoms in total. The van der Waals surface area contributed by atoms with Crippen molar-refractivity contribution in [1.82, 2.24) is 0 Å². The average Bonchev–Trinajstić information content (AvgIpc) is 2.86. The van der Waals surface area contributed by atoms with Crippen molar-refractivity contribution in [3.05, 3.63) is 76.1 Å². The van der Waals surface area contributed by atoms with Gasteiger partial charge in [0.2, 0.25) is 0 Å². The zero-order chi connectivity index (χ0) is 33.1. The number of benzene rings is 3. The summed E-state index contributed by atoms with van der Waals surface area (Å²) in [5, 5.41) is 0. The van der Waals surface area contributed by atoms with Crippen molar-refractivity contribution in [2.45, 2.75) is 18.2 Å². The summed E-state index contributed by atoms with van der Waals surface area (Å²) in [6.07, 6.45) is 0.0509. The SMILES string of the molecule is CCC(COC(=O)c1c(I)cc(I)cc1I)(COC(=O)c1c(I)cc(I)cc1I)C(=O)Oc1cc(I)c(S(=O)(=O)[O-])c(I)c1. The molecule has 0 aromatic heterocycles. The molecule has 3 rings (SSSR count). The van der Waals surface area contributed by atoms with Crippen LogP contribution in [0.15, 0.2) is 41.3 Å². The Hall–Kier alpha value is 1.82. The van der Waals surface area contributed by atoms with Gasteiger partial charge < -0.3 is 18.8 Å². The van der Waals surface area contributed by atoms with Crippen molar-refractivity contribution in [3.8, 4) is 5.75 Å². The summed E-state index contributed by atoms with van der Waals surface area (Å²) in [5.74, 6) is -2.23. The van der Waals surface area contributed by atoms with E-state index in [-0.39, 0.29) is 19.3 Å². The van der Waals surface area contributed by atoms with Crippen LogP contribution in [0.2, 0.25) is 0 Å². The Kier molecular flexibility index (Phi) is 15.7. The number of hydrogen-bond donors (Lipinski definition) is 0. The summed E-state index contributed by atoms with van der Waals surface area (Å²) in [6, 6.07) is 9.78. The molecule has 236 valence electrons. The maximum absolute atomic E-state index is 13.8. The van der Waals surface area contributed by atoms with Crippen LogP contribution in [0.1, 0.15) is 34.1 Å². The summed E-state index contributed by atoms with van der Waals surface area (Å²) < 4.78 is 56.8. The number of halogens is 8. The second-order valence-electron chi connectivity index (χ2n) is 8.83. The Bertz CT molecular complexity index is 1620. The van der Waals surface area contributed by atoms with Crippen LogP contribution in [0.5, 0.6) is 5.75 Å². The second kappa shape index (κ2) is 17.2. The highest BCUT2D eigenvalue weighted by Crippen LogP contribution is 2.33. The Labute approximate surface area is 362 Å². The van der Waals surface area contributed by atoms with Crippen LogP contribution in [-0.4, -0.2) is 44.1 Å². The van der Waals surface area contributed by atoms with Gasteiger partial charge in [0.25, 0.3) is 0 Å². The van der Waals surface area contributed by atoms with Gasteiger partial charge in [-0.1, -0.05) is 6.92 Å². The van der Waals surface area contributed by atoms with Crippen LogP contribution in [0.4, 0.5) is 0 Å². The highest BCUT2D eigenvalue weighted by Gasteiger charge is 2.43. The summed E-state index contributed by atoms with van der Waals surface area (Å²) in [5.41, 5.74) is -0.960. The first-order valence-electron chi connectivity index (χ1n) is 11.7. The first-order valence-corrected chi connectivity index (χ1v) is 21.7. The maximum atomic E-state index is 13.8. The predicted octanol–water partition coefficient (Wildman–Crippen LogP) is 8.44. The normalized spacial score (nSPS) is 11.7. The largest absolute Gasteiger partial charge is 0.744 e. The molecule has 3 aromatic carbocycles. The molecule has 44 heavy (non-hydrogen) atoms. The zero-order valence-electron chi connectivity index (χ0n) is 21.7. The third-order valence-corrected chi connectivity index (χ3v) is 13.9. The van der Waals surface area contributed by atoms with Gasteiger partial charge in [0.05, 0.1) is 16.0 Å². The summed E-state index contributed by atoms with van der Waals surface area (Å²) in [6.45, 7) is 0.712. The summed E-state index contributed by atoms with van der Waals surface area (Å²) >= 11 is 15.8. The fraction of sp³-hybridized carbons (Fsp3) is 0.192. The van der Waals surface area contributed by atoms with Crippen LogP contribution in [0, 0.1) is 34.0 Å². The van der Waals surface area contributed by atoms with Gasteiger partial charge in [-0.25, -0.2) is 18.0 Å². The first kappa shape index (κ1) is 40.3. The third kappa shape index (κ3) is 10.2. The van der Waals surface area contributed by atoms with E-state index in [1.54, 1.807) is 52.1 Å². The fourth-order valence-corrected chi connectivity index (χ4v) is 15.6. The molecule has 0 atom stereocenters. The molecule has 0 heterocycles. The molecule has 0 saturated heterocycles. The molecule has 0 N–H and O–H groups in total. The second-order valence-corrected chi connectivity index (χ2v) is 19.6. The number of ether oxygens (including phenoxy) is 3. The van der Waals surface area contributed by atoms with Crippen molar-refractivity contribution >= 4 is 209 Å². The highest BCUT2D eigenvalue weighted by atomic mass is 127. The van der Waals surface area contributed by atoms with Gasteiger partial charge >= 0.3 is 17.9 Å². The van der Waals surface area contributed by atoms with Gasteiger partial charge in [-0.3, -0.25) is 4.79 Å². The van der Waals surface area contributed by atoms with Gasteiger partial charge in [-0.05, 0) is 224 Å². The Balaban J connectivity index is 1.98. The van der Waals surface area contributed by atoms with E-state index in [4.69, 9.17) is 14.2 Å². The first-order chi connectivity index (χ1) is 20.4. The molecule has 0 saturated carbocycles. The van der Waals surface area contributed by atoms with Gasteiger partial charge in [0, 0.05) is 28.6 Å². The summed E-state index contributed by atoms with van der Waals surface area (Å²) in [7, 11) is -4.78. The van der Waals surface area contributed by atoms with Crippen LogP contribution in [0.3, 0.4) is 0 Å².